The van der Waals surface area contributed by atoms with Crippen LogP contribution in [0.1, 0.15) is 47.0 Å². The van der Waals surface area contributed by atoms with E-state index in [1.54, 1.807) is 4.90 Å². The third kappa shape index (κ3) is 5.06. The summed E-state index contributed by atoms with van der Waals surface area (Å²) < 4.78 is 17.1. The van der Waals surface area contributed by atoms with Crippen LogP contribution in [-0.4, -0.2) is 45.2 Å². The van der Waals surface area contributed by atoms with E-state index in [-0.39, 0.29) is 12.1 Å². The van der Waals surface area contributed by atoms with E-state index >= 15 is 0 Å². The summed E-state index contributed by atoms with van der Waals surface area (Å²) in [6, 6.07) is 0.0781. The first-order valence-electron chi connectivity index (χ1n) is 6.68. The molecule has 1 amide bonds. The molecule has 1 fully saturated rings. The number of hydrogen-bond acceptors (Lipinski definition) is 3. The van der Waals surface area contributed by atoms with E-state index in [1.165, 1.54) is 0 Å². The van der Waals surface area contributed by atoms with Crippen molar-refractivity contribution in [3.05, 3.63) is 0 Å². The Labute approximate surface area is 113 Å². The molecule has 0 N–H and O–H groups in total. The average molecular weight is 275 g/mol. The highest BCUT2D eigenvalue weighted by Crippen LogP contribution is 2.21. The largest absolute Gasteiger partial charge is 0.616 e. The van der Waals surface area contributed by atoms with E-state index in [0.717, 1.165) is 25.8 Å². The SMILES string of the molecule is CC[S+]([O-])CC1CCCCN1C(=O)OC(C)(C)C. The summed E-state index contributed by atoms with van der Waals surface area (Å²) >= 11 is -0.834. The van der Waals surface area contributed by atoms with Gasteiger partial charge in [-0.2, -0.15) is 0 Å². The Kier molecular flexibility index (Phi) is 5.79. The number of ether oxygens (including phenoxy) is 1. The fourth-order valence-corrected chi connectivity index (χ4v) is 3.08. The molecule has 0 aliphatic carbocycles. The minimum absolute atomic E-state index is 0.0781. The molecule has 18 heavy (non-hydrogen) atoms. The summed E-state index contributed by atoms with van der Waals surface area (Å²) in [6.45, 7) is 8.24. The molecular formula is C13H25NO3S. The highest BCUT2D eigenvalue weighted by molar-refractivity contribution is 7.91. The number of likely N-dealkylation sites (tertiary alicyclic amines) is 1. The monoisotopic (exact) mass is 275 g/mol. The van der Waals surface area contributed by atoms with Gasteiger partial charge in [0.05, 0.1) is 6.04 Å². The van der Waals surface area contributed by atoms with Crippen LogP contribution in [0.5, 0.6) is 0 Å². The molecule has 0 aromatic rings. The highest BCUT2D eigenvalue weighted by atomic mass is 32.2. The van der Waals surface area contributed by atoms with E-state index in [9.17, 15) is 9.35 Å². The van der Waals surface area contributed by atoms with Gasteiger partial charge < -0.3 is 14.2 Å². The third-order valence-corrected chi connectivity index (χ3v) is 4.36. The smallest absolute Gasteiger partial charge is 0.410 e. The lowest BCUT2D eigenvalue weighted by Gasteiger charge is -2.36. The van der Waals surface area contributed by atoms with Gasteiger partial charge in [-0.1, -0.05) is 11.2 Å². The maximum Gasteiger partial charge on any atom is 0.410 e. The van der Waals surface area contributed by atoms with Crippen molar-refractivity contribution >= 4 is 17.3 Å². The van der Waals surface area contributed by atoms with Gasteiger partial charge in [-0.15, -0.1) is 0 Å². The molecule has 2 atom stereocenters. The van der Waals surface area contributed by atoms with E-state index in [4.69, 9.17) is 4.74 Å². The van der Waals surface area contributed by atoms with Gasteiger partial charge in [-0.25, -0.2) is 4.79 Å². The molecule has 0 aromatic carbocycles. The van der Waals surface area contributed by atoms with Crippen molar-refractivity contribution in [1.29, 1.82) is 0 Å². The molecule has 1 rings (SSSR count). The Morgan fingerprint density at radius 2 is 2.11 bits per heavy atom. The summed E-state index contributed by atoms with van der Waals surface area (Å²) in [5.74, 6) is 1.23. The van der Waals surface area contributed by atoms with Crippen LogP contribution in [0, 0.1) is 0 Å². The van der Waals surface area contributed by atoms with Crippen LogP contribution >= 0.6 is 0 Å². The lowest BCUT2D eigenvalue weighted by molar-refractivity contribution is 0.0124. The average Bonchev–Trinajstić information content (AvgIpc) is 2.27. The predicted octanol–water partition coefficient (Wildman–Crippen LogP) is 2.54. The zero-order valence-electron chi connectivity index (χ0n) is 11.9. The van der Waals surface area contributed by atoms with Crippen LogP contribution in [0.4, 0.5) is 4.79 Å². The molecule has 0 bridgehead atoms. The van der Waals surface area contributed by atoms with Gasteiger partial charge in [0.1, 0.15) is 17.1 Å². The van der Waals surface area contributed by atoms with Crippen LogP contribution in [-0.2, 0) is 15.9 Å². The van der Waals surface area contributed by atoms with Crippen molar-refractivity contribution in [1.82, 2.24) is 4.90 Å². The fourth-order valence-electron chi connectivity index (χ4n) is 2.07. The number of carbonyl (C=O) groups excluding carboxylic acids is 1. The number of amides is 1. The molecule has 1 heterocycles. The maximum atomic E-state index is 12.1. The van der Waals surface area contributed by atoms with Gasteiger partial charge in [0, 0.05) is 6.54 Å². The zero-order valence-corrected chi connectivity index (χ0v) is 12.7. The molecular weight excluding hydrogens is 250 g/mol. The first-order chi connectivity index (χ1) is 8.33. The molecule has 2 unspecified atom stereocenters. The van der Waals surface area contributed by atoms with Crippen molar-refractivity contribution in [2.75, 3.05) is 18.1 Å². The Balaban J connectivity index is 2.61. The Bertz CT molecular complexity index is 278. The van der Waals surface area contributed by atoms with E-state index in [0.29, 0.717) is 11.5 Å². The van der Waals surface area contributed by atoms with E-state index in [2.05, 4.69) is 0 Å². The molecule has 106 valence electrons. The second-order valence-electron chi connectivity index (χ2n) is 5.72. The van der Waals surface area contributed by atoms with Crippen LogP contribution in [0.3, 0.4) is 0 Å². The summed E-state index contributed by atoms with van der Waals surface area (Å²) in [6.07, 6.45) is 2.78. The maximum absolute atomic E-state index is 12.1. The minimum Gasteiger partial charge on any atom is -0.616 e. The number of rotatable bonds is 3. The molecule has 0 aromatic heterocycles. The normalized spacial score (nSPS) is 22.7. The zero-order chi connectivity index (χ0) is 13.8. The van der Waals surface area contributed by atoms with Crippen LogP contribution in [0.2, 0.25) is 0 Å². The van der Waals surface area contributed by atoms with Crippen LogP contribution < -0.4 is 0 Å². The highest BCUT2D eigenvalue weighted by Gasteiger charge is 2.32. The number of hydrogen-bond donors (Lipinski definition) is 0. The van der Waals surface area contributed by atoms with Crippen molar-refractivity contribution in [2.45, 2.75) is 58.6 Å². The van der Waals surface area contributed by atoms with Gasteiger partial charge in [0.25, 0.3) is 0 Å². The molecule has 1 aliphatic heterocycles. The van der Waals surface area contributed by atoms with Gasteiger partial charge in [-0.05, 0) is 47.0 Å². The molecule has 0 spiro atoms. The van der Waals surface area contributed by atoms with E-state index < -0.39 is 16.8 Å². The van der Waals surface area contributed by atoms with E-state index in [1.807, 2.05) is 27.7 Å². The first-order valence-corrected chi connectivity index (χ1v) is 8.17. The second kappa shape index (κ2) is 6.66. The molecule has 1 saturated heterocycles. The topological polar surface area (TPSA) is 52.6 Å². The van der Waals surface area contributed by atoms with Crippen molar-refractivity contribution < 1.29 is 14.1 Å². The number of piperidine rings is 1. The Hall–Kier alpha value is -0.420. The van der Waals surface area contributed by atoms with Gasteiger partial charge in [-0.3, -0.25) is 0 Å². The first kappa shape index (κ1) is 15.6. The molecule has 1 aliphatic rings. The molecule has 0 radical (unpaired) electrons. The van der Waals surface area contributed by atoms with Crippen LogP contribution in [0.15, 0.2) is 0 Å². The second-order valence-corrected chi connectivity index (χ2v) is 7.51. The van der Waals surface area contributed by atoms with Gasteiger partial charge >= 0.3 is 6.09 Å². The van der Waals surface area contributed by atoms with Gasteiger partial charge in [0.15, 0.2) is 0 Å². The Morgan fingerprint density at radius 1 is 1.44 bits per heavy atom. The summed E-state index contributed by atoms with van der Waals surface area (Å²) in [4.78, 5) is 13.9. The molecule has 0 saturated carbocycles. The number of carbonyl (C=O) groups is 1. The molecule has 4 nitrogen and oxygen atoms in total. The lowest BCUT2D eigenvalue weighted by atomic mass is 10.0. The quantitative estimate of drug-likeness (QED) is 0.744. The minimum atomic E-state index is -0.834. The summed E-state index contributed by atoms with van der Waals surface area (Å²) in [7, 11) is 0. The van der Waals surface area contributed by atoms with Crippen molar-refractivity contribution in [2.24, 2.45) is 0 Å². The van der Waals surface area contributed by atoms with Gasteiger partial charge in [0.2, 0.25) is 0 Å². The number of nitrogens with zero attached hydrogens (tertiary/aromatic N) is 1. The van der Waals surface area contributed by atoms with Crippen molar-refractivity contribution in [3.63, 3.8) is 0 Å². The fraction of sp³-hybridized carbons (Fsp3) is 0.923. The molecule has 5 heteroatoms. The summed E-state index contributed by atoms with van der Waals surface area (Å²) in [5, 5.41) is 0. The predicted molar refractivity (Wildman–Crippen MR) is 74.1 cm³/mol. The standard InChI is InChI=1S/C13H25NO3S/c1-5-18(16)10-11-8-6-7-9-14(11)12(15)17-13(2,3)4/h11H,5-10H2,1-4H3. The summed E-state index contributed by atoms with van der Waals surface area (Å²) in [5.41, 5.74) is -0.469. The lowest BCUT2D eigenvalue weighted by Crippen LogP contribution is -2.49. The van der Waals surface area contributed by atoms with Crippen molar-refractivity contribution in [3.8, 4) is 0 Å². The Morgan fingerprint density at radius 3 is 2.67 bits per heavy atom. The third-order valence-electron chi connectivity index (χ3n) is 2.96. The van der Waals surface area contributed by atoms with Crippen LogP contribution in [0.25, 0.3) is 0 Å².